The standard InChI is InChI=1S/C20H17FN4O/c1-26-17-8-4-15(5-9-17)18-13-23-20-11-10-19(24-25(18)20)22-12-14-2-6-16(21)7-3-14/h2-11,13H,12H2,1H3,(H,22,24). The summed E-state index contributed by atoms with van der Waals surface area (Å²) in [6.07, 6.45) is 1.80. The molecule has 0 unspecified atom stereocenters. The van der Waals surface area contributed by atoms with Gasteiger partial charge < -0.3 is 10.1 Å². The van der Waals surface area contributed by atoms with Crippen molar-refractivity contribution < 1.29 is 9.13 Å². The number of halogens is 1. The van der Waals surface area contributed by atoms with Crippen LogP contribution in [0.15, 0.2) is 66.9 Å². The van der Waals surface area contributed by atoms with E-state index in [1.807, 2.05) is 36.4 Å². The van der Waals surface area contributed by atoms with Gasteiger partial charge in [0.1, 0.15) is 17.4 Å². The largest absolute Gasteiger partial charge is 0.497 e. The molecular formula is C20H17FN4O. The second-order valence-electron chi connectivity index (χ2n) is 5.84. The van der Waals surface area contributed by atoms with Crippen molar-refractivity contribution in [2.24, 2.45) is 0 Å². The average Bonchev–Trinajstić information content (AvgIpc) is 3.11. The highest BCUT2D eigenvalue weighted by atomic mass is 19.1. The maximum atomic E-state index is 13.0. The van der Waals surface area contributed by atoms with E-state index in [1.54, 1.807) is 30.0 Å². The number of nitrogens with one attached hydrogen (secondary N) is 1. The van der Waals surface area contributed by atoms with Crippen LogP contribution in [0.1, 0.15) is 5.56 Å². The zero-order valence-corrected chi connectivity index (χ0v) is 14.2. The first kappa shape index (κ1) is 16.1. The van der Waals surface area contributed by atoms with E-state index in [2.05, 4.69) is 15.4 Å². The van der Waals surface area contributed by atoms with Crippen molar-refractivity contribution in [3.63, 3.8) is 0 Å². The van der Waals surface area contributed by atoms with E-state index in [4.69, 9.17) is 4.74 Å². The van der Waals surface area contributed by atoms with E-state index in [0.29, 0.717) is 6.54 Å². The molecule has 5 nitrogen and oxygen atoms in total. The summed E-state index contributed by atoms with van der Waals surface area (Å²) in [7, 11) is 1.64. The lowest BCUT2D eigenvalue weighted by atomic mass is 10.1. The number of fused-ring (bicyclic) bond motifs is 1. The summed E-state index contributed by atoms with van der Waals surface area (Å²) in [4.78, 5) is 4.41. The molecule has 0 fully saturated rings. The Morgan fingerprint density at radius 2 is 1.77 bits per heavy atom. The maximum absolute atomic E-state index is 13.0. The van der Waals surface area contributed by atoms with Crippen LogP contribution in [0.3, 0.4) is 0 Å². The Hall–Kier alpha value is -3.41. The summed E-state index contributed by atoms with van der Waals surface area (Å²) >= 11 is 0. The van der Waals surface area contributed by atoms with Crippen LogP contribution in [0.25, 0.3) is 16.9 Å². The van der Waals surface area contributed by atoms with Crippen LogP contribution in [-0.4, -0.2) is 21.7 Å². The van der Waals surface area contributed by atoms with Gasteiger partial charge in [0.25, 0.3) is 0 Å². The molecule has 0 aliphatic heterocycles. The van der Waals surface area contributed by atoms with E-state index in [0.717, 1.165) is 34.0 Å². The molecule has 0 radical (unpaired) electrons. The van der Waals surface area contributed by atoms with Crippen LogP contribution in [0, 0.1) is 5.82 Å². The van der Waals surface area contributed by atoms with Crippen molar-refractivity contribution in [3.05, 3.63) is 78.2 Å². The van der Waals surface area contributed by atoms with Crippen LogP contribution in [0.2, 0.25) is 0 Å². The first-order valence-electron chi connectivity index (χ1n) is 8.20. The molecule has 0 spiro atoms. The molecule has 1 N–H and O–H groups in total. The molecule has 2 heterocycles. The zero-order chi connectivity index (χ0) is 17.9. The summed E-state index contributed by atoms with van der Waals surface area (Å²) in [5.41, 5.74) is 3.65. The van der Waals surface area contributed by atoms with Gasteiger partial charge in [0.2, 0.25) is 0 Å². The fourth-order valence-electron chi connectivity index (χ4n) is 2.72. The predicted molar refractivity (Wildman–Crippen MR) is 98.7 cm³/mol. The molecule has 0 bridgehead atoms. The van der Waals surface area contributed by atoms with Gasteiger partial charge in [-0.1, -0.05) is 12.1 Å². The first-order valence-corrected chi connectivity index (χ1v) is 8.20. The van der Waals surface area contributed by atoms with Crippen LogP contribution < -0.4 is 10.1 Å². The van der Waals surface area contributed by atoms with Gasteiger partial charge in [-0.3, -0.25) is 0 Å². The molecule has 2 aromatic carbocycles. The van der Waals surface area contributed by atoms with E-state index in [9.17, 15) is 4.39 Å². The predicted octanol–water partition coefficient (Wildman–Crippen LogP) is 4.16. The van der Waals surface area contributed by atoms with Gasteiger partial charge in [0.15, 0.2) is 5.65 Å². The molecule has 0 saturated heterocycles. The smallest absolute Gasteiger partial charge is 0.154 e. The van der Waals surface area contributed by atoms with Gasteiger partial charge in [-0.25, -0.2) is 13.9 Å². The highest BCUT2D eigenvalue weighted by Gasteiger charge is 2.08. The van der Waals surface area contributed by atoms with Gasteiger partial charge in [0, 0.05) is 12.1 Å². The SMILES string of the molecule is COc1ccc(-c2cnc3ccc(NCc4ccc(F)cc4)nn23)cc1. The van der Waals surface area contributed by atoms with Gasteiger partial charge >= 0.3 is 0 Å². The van der Waals surface area contributed by atoms with Crippen molar-refractivity contribution >= 4 is 11.5 Å². The van der Waals surface area contributed by atoms with E-state index >= 15 is 0 Å². The minimum atomic E-state index is -0.240. The van der Waals surface area contributed by atoms with Crippen molar-refractivity contribution in [1.82, 2.24) is 14.6 Å². The number of ether oxygens (including phenoxy) is 1. The fraction of sp³-hybridized carbons (Fsp3) is 0.100. The Kier molecular flexibility index (Phi) is 4.23. The molecule has 26 heavy (non-hydrogen) atoms. The molecule has 2 aromatic heterocycles. The second-order valence-corrected chi connectivity index (χ2v) is 5.84. The van der Waals surface area contributed by atoms with E-state index < -0.39 is 0 Å². The summed E-state index contributed by atoms with van der Waals surface area (Å²) in [6, 6.07) is 18.0. The Balaban J connectivity index is 1.60. The number of hydrogen-bond acceptors (Lipinski definition) is 4. The lowest BCUT2D eigenvalue weighted by molar-refractivity contribution is 0.415. The molecule has 6 heteroatoms. The van der Waals surface area contributed by atoms with E-state index in [-0.39, 0.29) is 5.82 Å². The average molecular weight is 348 g/mol. The number of hydrogen-bond donors (Lipinski definition) is 1. The number of anilines is 1. The van der Waals surface area contributed by atoms with Crippen molar-refractivity contribution in [1.29, 1.82) is 0 Å². The number of methoxy groups -OCH3 is 1. The normalized spacial score (nSPS) is 10.8. The second kappa shape index (κ2) is 6.84. The highest BCUT2D eigenvalue weighted by molar-refractivity contribution is 5.64. The quantitative estimate of drug-likeness (QED) is 0.588. The van der Waals surface area contributed by atoms with Gasteiger partial charge in [0.05, 0.1) is 19.0 Å². The number of rotatable bonds is 5. The summed E-state index contributed by atoms with van der Waals surface area (Å²) in [5.74, 6) is 1.28. The number of nitrogens with zero attached hydrogens (tertiary/aromatic N) is 3. The van der Waals surface area contributed by atoms with Crippen molar-refractivity contribution in [2.45, 2.75) is 6.54 Å². The summed E-state index contributed by atoms with van der Waals surface area (Å²) < 4.78 is 20.0. The van der Waals surface area contributed by atoms with Crippen LogP contribution in [0.5, 0.6) is 5.75 Å². The molecule has 130 valence electrons. The third kappa shape index (κ3) is 3.21. The van der Waals surface area contributed by atoms with Crippen LogP contribution in [0.4, 0.5) is 10.2 Å². The van der Waals surface area contributed by atoms with E-state index in [1.165, 1.54) is 12.1 Å². The zero-order valence-electron chi connectivity index (χ0n) is 14.2. The monoisotopic (exact) mass is 348 g/mol. The summed E-state index contributed by atoms with van der Waals surface area (Å²) in [6.45, 7) is 0.561. The topological polar surface area (TPSA) is 51.5 Å². The molecular weight excluding hydrogens is 331 g/mol. The van der Waals surface area contributed by atoms with Gasteiger partial charge in [-0.15, -0.1) is 5.10 Å². The molecule has 0 aliphatic carbocycles. The number of benzene rings is 2. The lowest BCUT2D eigenvalue weighted by Crippen LogP contribution is -2.04. The Morgan fingerprint density at radius 1 is 1.00 bits per heavy atom. The molecule has 0 aliphatic rings. The fourth-order valence-corrected chi connectivity index (χ4v) is 2.72. The minimum Gasteiger partial charge on any atom is -0.497 e. The van der Waals surface area contributed by atoms with Crippen molar-refractivity contribution in [3.8, 4) is 17.0 Å². The maximum Gasteiger partial charge on any atom is 0.154 e. The molecule has 4 aromatic rings. The Labute approximate surface area is 150 Å². The number of aromatic nitrogens is 3. The minimum absolute atomic E-state index is 0.240. The highest BCUT2D eigenvalue weighted by Crippen LogP contribution is 2.23. The van der Waals surface area contributed by atoms with Crippen molar-refractivity contribution in [2.75, 3.05) is 12.4 Å². The summed E-state index contributed by atoms with van der Waals surface area (Å²) in [5, 5.41) is 7.88. The first-order chi connectivity index (χ1) is 12.7. The molecule has 0 atom stereocenters. The third-order valence-corrected chi connectivity index (χ3v) is 4.13. The van der Waals surface area contributed by atoms with Crippen LogP contribution >= 0.6 is 0 Å². The Morgan fingerprint density at radius 3 is 2.50 bits per heavy atom. The van der Waals surface area contributed by atoms with Gasteiger partial charge in [-0.05, 0) is 54.1 Å². The molecule has 4 rings (SSSR count). The lowest BCUT2D eigenvalue weighted by Gasteiger charge is -2.08. The molecule has 0 saturated carbocycles. The molecule has 0 amide bonds. The van der Waals surface area contributed by atoms with Gasteiger partial charge in [-0.2, -0.15) is 0 Å². The Bertz CT molecular complexity index is 1030. The van der Waals surface area contributed by atoms with Crippen LogP contribution in [-0.2, 0) is 6.54 Å². The number of imidazole rings is 1. The third-order valence-electron chi connectivity index (χ3n) is 4.13.